The van der Waals surface area contributed by atoms with Gasteiger partial charge in [0.15, 0.2) is 5.96 Å². The molecule has 5 heteroatoms. The lowest BCUT2D eigenvalue weighted by atomic mass is 10.1. The topological polar surface area (TPSA) is 53.6 Å². The molecule has 1 aromatic carbocycles. The van der Waals surface area contributed by atoms with Gasteiger partial charge in [-0.2, -0.15) is 0 Å². The maximum Gasteiger partial charge on any atom is 0.189 e. The van der Waals surface area contributed by atoms with Crippen molar-refractivity contribution in [3.63, 3.8) is 0 Å². The van der Waals surface area contributed by atoms with E-state index in [-0.39, 0.29) is 24.0 Å². The average molecular weight is 428 g/mol. The molecule has 0 unspecified atom stereocenters. The third-order valence-corrected chi connectivity index (χ3v) is 3.88. The fraction of sp³-hybridized carbons (Fsp3) is 0.500. The van der Waals surface area contributed by atoms with Crippen LogP contribution in [0, 0.1) is 0 Å². The molecule has 0 aliphatic carbocycles. The molecule has 0 saturated carbocycles. The van der Waals surface area contributed by atoms with Gasteiger partial charge in [0.05, 0.1) is 6.54 Å². The molecular formula is C18H29IN4. The fourth-order valence-electron chi connectivity index (χ4n) is 2.60. The summed E-state index contributed by atoms with van der Waals surface area (Å²) in [6, 6.07) is 8.71. The molecule has 0 spiro atoms. The van der Waals surface area contributed by atoms with Gasteiger partial charge in [0.1, 0.15) is 0 Å². The van der Waals surface area contributed by atoms with Gasteiger partial charge in [-0.05, 0) is 44.0 Å². The monoisotopic (exact) mass is 428 g/mol. The van der Waals surface area contributed by atoms with Crippen LogP contribution >= 0.6 is 24.0 Å². The summed E-state index contributed by atoms with van der Waals surface area (Å²) in [5.41, 5.74) is 9.42. The van der Waals surface area contributed by atoms with E-state index < -0.39 is 0 Å². The van der Waals surface area contributed by atoms with Crippen molar-refractivity contribution in [3.8, 4) is 0 Å². The molecule has 4 nitrogen and oxygen atoms in total. The quantitative estimate of drug-likeness (QED) is 0.317. The van der Waals surface area contributed by atoms with Gasteiger partial charge in [0.25, 0.3) is 0 Å². The fourth-order valence-corrected chi connectivity index (χ4v) is 2.60. The molecule has 0 atom stereocenters. The molecule has 3 N–H and O–H groups in total. The highest BCUT2D eigenvalue weighted by atomic mass is 127. The predicted octanol–water partition coefficient (Wildman–Crippen LogP) is 3.27. The van der Waals surface area contributed by atoms with E-state index in [1.165, 1.54) is 43.5 Å². The highest BCUT2D eigenvalue weighted by Crippen LogP contribution is 2.13. The number of benzene rings is 1. The van der Waals surface area contributed by atoms with Crippen LogP contribution < -0.4 is 11.1 Å². The number of piperidine rings is 1. The van der Waals surface area contributed by atoms with Crippen LogP contribution in [0.5, 0.6) is 0 Å². The minimum absolute atomic E-state index is 0. The van der Waals surface area contributed by atoms with Crippen molar-refractivity contribution in [3.05, 3.63) is 47.5 Å². The number of rotatable bonds is 6. The van der Waals surface area contributed by atoms with Crippen LogP contribution in [0.4, 0.5) is 0 Å². The largest absolute Gasteiger partial charge is 0.370 e. The average Bonchev–Trinajstić information content (AvgIpc) is 2.53. The Bertz CT molecular complexity index is 504. The van der Waals surface area contributed by atoms with Crippen LogP contribution in [0.2, 0.25) is 0 Å². The molecular weight excluding hydrogens is 399 g/mol. The number of aliphatic imine (C=N–C) groups is 1. The maximum absolute atomic E-state index is 5.81. The molecule has 1 fully saturated rings. The van der Waals surface area contributed by atoms with Crippen LogP contribution in [0.15, 0.2) is 41.4 Å². The highest BCUT2D eigenvalue weighted by Gasteiger charge is 2.09. The lowest BCUT2D eigenvalue weighted by molar-refractivity contribution is 0.221. The number of likely N-dealkylation sites (tertiary alicyclic amines) is 1. The second kappa shape index (κ2) is 10.6. The standard InChI is InChI=1S/C18H28N4.HI/c1-15(2)12-20-18(19)21-13-16-6-8-17(9-7-16)14-22-10-4-3-5-11-22;/h6-9H,1,3-5,10-14H2,2H3,(H3,19,20,21);1H. The van der Waals surface area contributed by atoms with Crippen LogP contribution in [0.25, 0.3) is 0 Å². The van der Waals surface area contributed by atoms with Gasteiger partial charge in [-0.15, -0.1) is 24.0 Å². The number of hydrogen-bond donors (Lipinski definition) is 2. The summed E-state index contributed by atoms with van der Waals surface area (Å²) >= 11 is 0. The summed E-state index contributed by atoms with van der Waals surface area (Å²) in [4.78, 5) is 6.88. The van der Waals surface area contributed by atoms with Crippen molar-refractivity contribution >= 4 is 29.9 Å². The first-order valence-corrected chi connectivity index (χ1v) is 8.12. The molecule has 1 saturated heterocycles. The third-order valence-electron chi connectivity index (χ3n) is 3.88. The number of hydrogen-bond acceptors (Lipinski definition) is 2. The van der Waals surface area contributed by atoms with E-state index in [4.69, 9.17) is 5.73 Å². The Morgan fingerprint density at radius 2 is 1.78 bits per heavy atom. The van der Waals surface area contributed by atoms with Gasteiger partial charge in [-0.25, -0.2) is 4.99 Å². The van der Waals surface area contributed by atoms with Gasteiger partial charge in [0.2, 0.25) is 0 Å². The third kappa shape index (κ3) is 7.83. The first-order chi connectivity index (χ1) is 10.6. The number of nitrogens with two attached hydrogens (primary N) is 1. The zero-order valence-electron chi connectivity index (χ0n) is 14.1. The van der Waals surface area contributed by atoms with E-state index >= 15 is 0 Å². The molecule has 1 aliphatic rings. The minimum atomic E-state index is 0. The van der Waals surface area contributed by atoms with Crippen molar-refractivity contribution in [2.75, 3.05) is 19.6 Å². The van der Waals surface area contributed by atoms with Crippen molar-refractivity contribution in [2.24, 2.45) is 10.7 Å². The molecule has 0 bridgehead atoms. The number of guanidine groups is 1. The maximum atomic E-state index is 5.81. The summed E-state index contributed by atoms with van der Waals surface area (Å²) in [5.74, 6) is 0.473. The Labute approximate surface area is 157 Å². The molecule has 0 aromatic heterocycles. The molecule has 1 aromatic rings. The van der Waals surface area contributed by atoms with Crippen LogP contribution in [0.1, 0.15) is 37.3 Å². The number of nitrogens with zero attached hydrogens (tertiary/aromatic N) is 2. The Morgan fingerprint density at radius 1 is 1.17 bits per heavy atom. The normalized spacial score (nSPS) is 15.8. The first-order valence-electron chi connectivity index (χ1n) is 8.12. The van der Waals surface area contributed by atoms with Crippen molar-refractivity contribution in [1.29, 1.82) is 0 Å². The van der Waals surface area contributed by atoms with E-state index in [1.807, 2.05) is 6.92 Å². The van der Waals surface area contributed by atoms with Gasteiger partial charge in [0, 0.05) is 13.1 Å². The second-order valence-corrected chi connectivity index (χ2v) is 6.17. The summed E-state index contributed by atoms with van der Waals surface area (Å²) in [6.07, 6.45) is 4.06. The van der Waals surface area contributed by atoms with E-state index in [0.29, 0.717) is 19.0 Å². The SMILES string of the molecule is C=C(C)CNC(N)=NCc1ccc(CN2CCCCC2)cc1.I. The van der Waals surface area contributed by atoms with Crippen molar-refractivity contribution in [2.45, 2.75) is 39.3 Å². The van der Waals surface area contributed by atoms with E-state index in [9.17, 15) is 0 Å². The lowest BCUT2D eigenvalue weighted by Gasteiger charge is -2.26. The number of nitrogens with one attached hydrogen (secondary N) is 1. The highest BCUT2D eigenvalue weighted by molar-refractivity contribution is 14.0. The Kier molecular flexibility index (Phi) is 9.24. The second-order valence-electron chi connectivity index (χ2n) is 6.17. The van der Waals surface area contributed by atoms with Crippen LogP contribution in [0.3, 0.4) is 0 Å². The Balaban J connectivity index is 0.00000264. The predicted molar refractivity (Wildman–Crippen MR) is 109 cm³/mol. The Morgan fingerprint density at radius 3 is 2.39 bits per heavy atom. The molecule has 1 heterocycles. The molecule has 1 aliphatic heterocycles. The van der Waals surface area contributed by atoms with Gasteiger partial charge < -0.3 is 11.1 Å². The summed E-state index contributed by atoms with van der Waals surface area (Å²) in [5, 5.41) is 3.04. The van der Waals surface area contributed by atoms with Crippen LogP contribution in [-0.2, 0) is 13.1 Å². The molecule has 128 valence electrons. The molecule has 2 rings (SSSR count). The van der Waals surface area contributed by atoms with E-state index in [2.05, 4.69) is 46.1 Å². The summed E-state index contributed by atoms with van der Waals surface area (Å²) in [6.45, 7) is 10.6. The molecule has 23 heavy (non-hydrogen) atoms. The van der Waals surface area contributed by atoms with Gasteiger partial charge >= 0.3 is 0 Å². The smallest absolute Gasteiger partial charge is 0.189 e. The molecule has 0 radical (unpaired) electrons. The molecule has 0 amide bonds. The Hall–Kier alpha value is -1.08. The summed E-state index contributed by atoms with van der Waals surface area (Å²) in [7, 11) is 0. The zero-order chi connectivity index (χ0) is 15.8. The minimum Gasteiger partial charge on any atom is -0.370 e. The van der Waals surface area contributed by atoms with Crippen LogP contribution in [-0.4, -0.2) is 30.5 Å². The summed E-state index contributed by atoms with van der Waals surface area (Å²) < 4.78 is 0. The first kappa shape index (κ1) is 20.0. The van der Waals surface area contributed by atoms with E-state index in [1.54, 1.807) is 0 Å². The lowest BCUT2D eigenvalue weighted by Crippen LogP contribution is -2.32. The number of halogens is 1. The van der Waals surface area contributed by atoms with Crippen molar-refractivity contribution in [1.82, 2.24) is 10.2 Å². The van der Waals surface area contributed by atoms with Gasteiger partial charge in [-0.3, -0.25) is 4.90 Å². The van der Waals surface area contributed by atoms with E-state index in [0.717, 1.165) is 12.1 Å². The van der Waals surface area contributed by atoms with Crippen molar-refractivity contribution < 1.29 is 0 Å². The van der Waals surface area contributed by atoms with Gasteiger partial charge in [-0.1, -0.05) is 42.8 Å². The zero-order valence-corrected chi connectivity index (χ0v) is 16.4.